The van der Waals surface area contributed by atoms with E-state index < -0.39 is 0 Å². The van der Waals surface area contributed by atoms with Gasteiger partial charge in [-0.3, -0.25) is 4.90 Å². The standard InChI is InChI=1S/C15H17N3OS/c1-11-15(20-10-17-11)9-18(2)8-12-4-5-14(19-3)13(6-12)7-16/h4-6,10H,8-9H2,1-3H3. The maximum absolute atomic E-state index is 9.10. The molecule has 0 saturated carbocycles. The normalized spacial score (nSPS) is 10.6. The van der Waals surface area contributed by atoms with Crippen molar-refractivity contribution in [3.05, 3.63) is 45.4 Å². The van der Waals surface area contributed by atoms with Crippen molar-refractivity contribution in [2.75, 3.05) is 14.2 Å². The van der Waals surface area contributed by atoms with E-state index in [1.807, 2.05) is 30.6 Å². The second kappa shape index (κ2) is 6.51. The highest BCUT2D eigenvalue weighted by atomic mass is 32.1. The number of nitriles is 1. The van der Waals surface area contributed by atoms with Gasteiger partial charge < -0.3 is 4.74 Å². The zero-order valence-electron chi connectivity index (χ0n) is 11.9. The largest absolute Gasteiger partial charge is 0.495 e. The van der Waals surface area contributed by atoms with Crippen molar-refractivity contribution in [1.82, 2.24) is 9.88 Å². The van der Waals surface area contributed by atoms with Gasteiger partial charge in [0.2, 0.25) is 0 Å². The van der Waals surface area contributed by atoms with E-state index in [9.17, 15) is 0 Å². The predicted molar refractivity (Wildman–Crippen MR) is 79.7 cm³/mol. The summed E-state index contributed by atoms with van der Waals surface area (Å²) >= 11 is 1.68. The minimum atomic E-state index is 0.576. The van der Waals surface area contributed by atoms with Gasteiger partial charge in [-0.2, -0.15) is 5.26 Å². The number of nitrogens with zero attached hydrogens (tertiary/aromatic N) is 3. The van der Waals surface area contributed by atoms with E-state index in [4.69, 9.17) is 10.00 Å². The highest BCUT2D eigenvalue weighted by molar-refractivity contribution is 7.09. The lowest BCUT2D eigenvalue weighted by atomic mass is 10.1. The first-order valence-electron chi connectivity index (χ1n) is 6.28. The van der Waals surface area contributed by atoms with Gasteiger partial charge in [-0.1, -0.05) is 6.07 Å². The van der Waals surface area contributed by atoms with Crippen molar-refractivity contribution >= 4 is 11.3 Å². The van der Waals surface area contributed by atoms with Gasteiger partial charge in [-0.05, 0) is 31.7 Å². The first-order valence-corrected chi connectivity index (χ1v) is 7.16. The third-order valence-corrected chi connectivity index (χ3v) is 4.02. The molecule has 0 N–H and O–H groups in total. The maximum Gasteiger partial charge on any atom is 0.136 e. The van der Waals surface area contributed by atoms with Crippen molar-refractivity contribution in [2.45, 2.75) is 20.0 Å². The van der Waals surface area contributed by atoms with Crippen molar-refractivity contribution in [3.63, 3.8) is 0 Å². The molecule has 0 spiro atoms. The smallest absolute Gasteiger partial charge is 0.136 e. The summed E-state index contributed by atoms with van der Waals surface area (Å²) in [4.78, 5) is 7.75. The van der Waals surface area contributed by atoms with Crippen LogP contribution in [0.25, 0.3) is 0 Å². The van der Waals surface area contributed by atoms with E-state index >= 15 is 0 Å². The lowest BCUT2D eigenvalue weighted by molar-refractivity contribution is 0.321. The van der Waals surface area contributed by atoms with Crippen LogP contribution in [0.1, 0.15) is 21.7 Å². The number of ether oxygens (including phenoxy) is 1. The molecule has 1 aromatic heterocycles. The van der Waals surface area contributed by atoms with Gasteiger partial charge in [-0.15, -0.1) is 11.3 Å². The molecule has 0 aliphatic heterocycles. The van der Waals surface area contributed by atoms with E-state index in [2.05, 4.69) is 23.0 Å². The number of benzene rings is 1. The summed E-state index contributed by atoms with van der Waals surface area (Å²) in [6.45, 7) is 3.68. The third-order valence-electron chi connectivity index (χ3n) is 3.10. The van der Waals surface area contributed by atoms with Crippen LogP contribution in [0.3, 0.4) is 0 Å². The predicted octanol–water partition coefficient (Wildman–Crippen LogP) is 2.96. The van der Waals surface area contributed by atoms with Crippen LogP contribution in [0.2, 0.25) is 0 Å². The first-order chi connectivity index (χ1) is 9.63. The molecule has 20 heavy (non-hydrogen) atoms. The summed E-state index contributed by atoms with van der Waals surface area (Å²) in [6.07, 6.45) is 0. The molecule has 0 unspecified atom stereocenters. The number of hydrogen-bond acceptors (Lipinski definition) is 5. The Morgan fingerprint density at radius 2 is 2.20 bits per heavy atom. The number of thiazole rings is 1. The molecular formula is C15H17N3OS. The van der Waals surface area contributed by atoms with Crippen LogP contribution < -0.4 is 4.74 Å². The molecular weight excluding hydrogens is 270 g/mol. The Morgan fingerprint density at radius 3 is 2.80 bits per heavy atom. The average Bonchev–Trinajstić information content (AvgIpc) is 2.84. The van der Waals surface area contributed by atoms with E-state index in [1.165, 1.54) is 4.88 Å². The van der Waals surface area contributed by atoms with Gasteiger partial charge in [-0.25, -0.2) is 4.98 Å². The molecule has 0 fully saturated rings. The molecule has 5 heteroatoms. The first kappa shape index (κ1) is 14.5. The summed E-state index contributed by atoms with van der Waals surface area (Å²) in [7, 11) is 3.64. The third kappa shape index (κ3) is 3.35. The summed E-state index contributed by atoms with van der Waals surface area (Å²) in [6, 6.07) is 7.89. The molecule has 0 bridgehead atoms. The zero-order chi connectivity index (χ0) is 14.5. The van der Waals surface area contributed by atoms with Crippen molar-refractivity contribution in [2.24, 2.45) is 0 Å². The van der Waals surface area contributed by atoms with Gasteiger partial charge in [0.15, 0.2) is 0 Å². The minimum absolute atomic E-state index is 0.576. The molecule has 0 amide bonds. The van der Waals surface area contributed by atoms with E-state index in [-0.39, 0.29) is 0 Å². The molecule has 0 saturated heterocycles. The highest BCUT2D eigenvalue weighted by Crippen LogP contribution is 2.20. The van der Waals surface area contributed by atoms with E-state index in [1.54, 1.807) is 18.4 Å². The Kier molecular flexibility index (Phi) is 4.72. The lowest BCUT2D eigenvalue weighted by Gasteiger charge is -2.16. The molecule has 2 aromatic rings. The Balaban J connectivity index is 2.06. The Bertz CT molecular complexity index is 630. The number of hydrogen-bond donors (Lipinski definition) is 0. The lowest BCUT2D eigenvalue weighted by Crippen LogP contribution is -2.17. The van der Waals surface area contributed by atoms with Crippen LogP contribution in [0.15, 0.2) is 23.7 Å². The second-order valence-electron chi connectivity index (χ2n) is 4.68. The fourth-order valence-electron chi connectivity index (χ4n) is 2.03. The van der Waals surface area contributed by atoms with Gasteiger partial charge in [0, 0.05) is 18.0 Å². The monoisotopic (exact) mass is 287 g/mol. The molecule has 0 atom stereocenters. The summed E-state index contributed by atoms with van der Waals surface area (Å²) in [5, 5.41) is 9.10. The molecule has 0 radical (unpaired) electrons. The van der Waals surface area contributed by atoms with Gasteiger partial charge in [0.1, 0.15) is 11.8 Å². The number of aromatic nitrogens is 1. The van der Waals surface area contributed by atoms with Crippen LogP contribution in [0.4, 0.5) is 0 Å². The molecule has 0 aliphatic rings. The minimum Gasteiger partial charge on any atom is -0.495 e. The number of methoxy groups -OCH3 is 1. The van der Waals surface area contributed by atoms with Crippen molar-refractivity contribution in [3.8, 4) is 11.8 Å². The van der Waals surface area contributed by atoms with Crippen LogP contribution in [-0.2, 0) is 13.1 Å². The van der Waals surface area contributed by atoms with Crippen LogP contribution >= 0.6 is 11.3 Å². The summed E-state index contributed by atoms with van der Waals surface area (Å²) in [5.41, 5.74) is 4.65. The van der Waals surface area contributed by atoms with Crippen LogP contribution in [0.5, 0.6) is 5.75 Å². The Labute approximate surface area is 123 Å². The summed E-state index contributed by atoms with van der Waals surface area (Å²) in [5.74, 6) is 0.622. The zero-order valence-corrected chi connectivity index (χ0v) is 12.7. The van der Waals surface area contributed by atoms with Gasteiger partial charge >= 0.3 is 0 Å². The molecule has 1 aromatic carbocycles. The fraction of sp³-hybridized carbons (Fsp3) is 0.333. The second-order valence-corrected chi connectivity index (χ2v) is 5.62. The molecule has 0 aliphatic carbocycles. The Morgan fingerprint density at radius 1 is 1.40 bits per heavy atom. The van der Waals surface area contributed by atoms with Crippen LogP contribution in [0, 0.1) is 18.3 Å². The van der Waals surface area contributed by atoms with E-state index in [0.29, 0.717) is 11.3 Å². The van der Waals surface area contributed by atoms with Gasteiger partial charge in [0.25, 0.3) is 0 Å². The molecule has 1 heterocycles. The molecule has 2 rings (SSSR count). The maximum atomic E-state index is 9.10. The number of aryl methyl sites for hydroxylation is 1. The Hall–Kier alpha value is -1.90. The van der Waals surface area contributed by atoms with E-state index in [0.717, 1.165) is 24.3 Å². The topological polar surface area (TPSA) is 49.1 Å². The molecule has 104 valence electrons. The highest BCUT2D eigenvalue weighted by Gasteiger charge is 2.08. The SMILES string of the molecule is COc1ccc(CN(C)Cc2scnc2C)cc1C#N. The quantitative estimate of drug-likeness (QED) is 0.848. The summed E-state index contributed by atoms with van der Waals surface area (Å²) < 4.78 is 5.15. The van der Waals surface area contributed by atoms with Gasteiger partial charge in [0.05, 0.1) is 23.9 Å². The van der Waals surface area contributed by atoms with Crippen molar-refractivity contribution < 1.29 is 4.74 Å². The van der Waals surface area contributed by atoms with Crippen LogP contribution in [-0.4, -0.2) is 24.0 Å². The fourth-order valence-corrected chi connectivity index (χ4v) is 2.89. The number of rotatable bonds is 5. The van der Waals surface area contributed by atoms with Crippen molar-refractivity contribution in [1.29, 1.82) is 5.26 Å². The average molecular weight is 287 g/mol. The molecule has 4 nitrogen and oxygen atoms in total.